The van der Waals surface area contributed by atoms with E-state index in [9.17, 15) is 4.79 Å². The average molecular weight is 235 g/mol. The van der Waals surface area contributed by atoms with Crippen molar-refractivity contribution < 1.29 is 9.53 Å². The molecule has 1 aliphatic heterocycles. The number of anilines is 1. The van der Waals surface area contributed by atoms with E-state index in [0.29, 0.717) is 13.2 Å². The van der Waals surface area contributed by atoms with Gasteiger partial charge in [-0.25, -0.2) is 0 Å². The molecule has 1 heterocycles. The summed E-state index contributed by atoms with van der Waals surface area (Å²) in [6.07, 6.45) is 0. The normalized spacial score (nSPS) is 15.3. The number of carbonyl (C=O) groups excluding carboxylic acids is 1. The van der Waals surface area contributed by atoms with Gasteiger partial charge in [0.05, 0.1) is 6.61 Å². The Hall–Kier alpha value is -1.35. The van der Waals surface area contributed by atoms with Crippen molar-refractivity contribution in [3.63, 3.8) is 0 Å². The molecule has 17 heavy (non-hydrogen) atoms. The molecule has 0 spiro atoms. The van der Waals surface area contributed by atoms with Gasteiger partial charge in [-0.05, 0) is 37.1 Å². The van der Waals surface area contributed by atoms with Crippen molar-refractivity contribution in [1.82, 2.24) is 0 Å². The average Bonchev–Trinajstić information content (AvgIpc) is 2.36. The van der Waals surface area contributed by atoms with Gasteiger partial charge in [-0.15, -0.1) is 0 Å². The minimum Gasteiger partial charge on any atom is -0.370 e. The van der Waals surface area contributed by atoms with E-state index in [4.69, 9.17) is 4.74 Å². The highest BCUT2D eigenvalue weighted by Gasteiger charge is 2.20. The Kier molecular flexibility index (Phi) is 5.16. The lowest BCUT2D eigenvalue weighted by molar-refractivity contribution is -0.125. The van der Waals surface area contributed by atoms with E-state index in [2.05, 4.69) is 19.9 Å². The molecule has 2 rings (SSSR count). The van der Waals surface area contributed by atoms with Crippen LogP contribution in [0.4, 0.5) is 5.69 Å². The molecular formula is C14H21NO2. The number of hydrogen-bond acceptors (Lipinski definition) is 2. The first-order valence-corrected chi connectivity index (χ1v) is 6.14. The molecule has 0 radical (unpaired) electrons. The molecule has 1 saturated heterocycles. The number of benzene rings is 1. The van der Waals surface area contributed by atoms with E-state index >= 15 is 0 Å². The van der Waals surface area contributed by atoms with Crippen LogP contribution in [0.1, 0.15) is 25.0 Å². The quantitative estimate of drug-likeness (QED) is 0.749. The van der Waals surface area contributed by atoms with Crippen molar-refractivity contribution >= 4 is 11.6 Å². The van der Waals surface area contributed by atoms with Crippen LogP contribution in [0, 0.1) is 13.8 Å². The summed E-state index contributed by atoms with van der Waals surface area (Å²) in [5.74, 6) is 0.0458. The second-order valence-electron chi connectivity index (χ2n) is 3.87. The second-order valence-corrected chi connectivity index (χ2v) is 3.87. The summed E-state index contributed by atoms with van der Waals surface area (Å²) in [4.78, 5) is 13.4. The van der Waals surface area contributed by atoms with Gasteiger partial charge in [0.25, 0.3) is 5.91 Å². The molecule has 0 atom stereocenters. The molecule has 0 N–H and O–H groups in total. The molecule has 1 aromatic rings. The van der Waals surface area contributed by atoms with E-state index < -0.39 is 0 Å². The van der Waals surface area contributed by atoms with Gasteiger partial charge in [-0.3, -0.25) is 4.79 Å². The lowest BCUT2D eigenvalue weighted by atomic mass is 10.1. The predicted octanol–water partition coefficient (Wildman–Crippen LogP) is 2.69. The smallest absolute Gasteiger partial charge is 0.253 e. The standard InChI is InChI=1S/C12H15NO2.C2H6/c1-9-3-4-11(7-10(9)2)13-5-6-15-8-12(13)14;1-2/h3-4,7H,5-6,8H2,1-2H3;1-2H3. The van der Waals surface area contributed by atoms with Crippen LogP contribution in [0.25, 0.3) is 0 Å². The maximum Gasteiger partial charge on any atom is 0.253 e. The van der Waals surface area contributed by atoms with Crippen LogP contribution in [-0.4, -0.2) is 25.7 Å². The summed E-state index contributed by atoms with van der Waals surface area (Å²) in [5, 5.41) is 0. The minimum absolute atomic E-state index is 0.0458. The Labute approximate surface area is 103 Å². The molecule has 0 aromatic heterocycles. The third kappa shape index (κ3) is 3.30. The minimum atomic E-state index is 0.0458. The Bertz CT molecular complexity index is 388. The van der Waals surface area contributed by atoms with Gasteiger partial charge in [0.2, 0.25) is 0 Å². The molecule has 1 aromatic carbocycles. The Morgan fingerprint density at radius 3 is 2.47 bits per heavy atom. The molecular weight excluding hydrogens is 214 g/mol. The van der Waals surface area contributed by atoms with Crippen LogP contribution >= 0.6 is 0 Å². The van der Waals surface area contributed by atoms with Crippen LogP contribution < -0.4 is 4.90 Å². The van der Waals surface area contributed by atoms with Gasteiger partial charge in [-0.1, -0.05) is 19.9 Å². The van der Waals surface area contributed by atoms with E-state index in [1.54, 1.807) is 4.90 Å². The number of morpholine rings is 1. The van der Waals surface area contributed by atoms with Gasteiger partial charge in [-0.2, -0.15) is 0 Å². The summed E-state index contributed by atoms with van der Waals surface area (Å²) in [6, 6.07) is 6.09. The van der Waals surface area contributed by atoms with Crippen LogP contribution in [0.2, 0.25) is 0 Å². The molecule has 1 fully saturated rings. The highest BCUT2D eigenvalue weighted by molar-refractivity contribution is 5.94. The molecule has 1 aliphatic rings. The Morgan fingerprint density at radius 1 is 1.18 bits per heavy atom. The summed E-state index contributed by atoms with van der Waals surface area (Å²) in [6.45, 7) is 9.61. The fraction of sp³-hybridized carbons (Fsp3) is 0.500. The van der Waals surface area contributed by atoms with Crippen molar-refractivity contribution in [2.45, 2.75) is 27.7 Å². The van der Waals surface area contributed by atoms with Crippen LogP contribution in [0.15, 0.2) is 18.2 Å². The van der Waals surface area contributed by atoms with E-state index in [0.717, 1.165) is 5.69 Å². The lowest BCUT2D eigenvalue weighted by Crippen LogP contribution is -2.41. The summed E-state index contributed by atoms with van der Waals surface area (Å²) in [5.41, 5.74) is 3.44. The van der Waals surface area contributed by atoms with Crippen molar-refractivity contribution in [2.24, 2.45) is 0 Å². The van der Waals surface area contributed by atoms with Gasteiger partial charge in [0, 0.05) is 12.2 Å². The highest BCUT2D eigenvalue weighted by Crippen LogP contribution is 2.20. The monoisotopic (exact) mass is 235 g/mol. The van der Waals surface area contributed by atoms with Crippen molar-refractivity contribution in [3.05, 3.63) is 29.3 Å². The maximum atomic E-state index is 11.6. The highest BCUT2D eigenvalue weighted by atomic mass is 16.5. The van der Waals surface area contributed by atoms with Crippen LogP contribution in [-0.2, 0) is 9.53 Å². The maximum absolute atomic E-state index is 11.6. The fourth-order valence-corrected chi connectivity index (χ4v) is 1.68. The molecule has 94 valence electrons. The number of hydrogen-bond donors (Lipinski definition) is 0. The second kappa shape index (κ2) is 6.40. The van der Waals surface area contributed by atoms with E-state index in [1.165, 1.54) is 11.1 Å². The third-order valence-electron chi connectivity index (χ3n) is 2.79. The van der Waals surface area contributed by atoms with Crippen molar-refractivity contribution in [3.8, 4) is 0 Å². The first-order chi connectivity index (χ1) is 8.18. The molecule has 3 heteroatoms. The van der Waals surface area contributed by atoms with Gasteiger partial charge in [0.1, 0.15) is 6.61 Å². The molecule has 0 saturated carbocycles. The number of rotatable bonds is 1. The van der Waals surface area contributed by atoms with Crippen LogP contribution in [0.5, 0.6) is 0 Å². The van der Waals surface area contributed by atoms with Gasteiger partial charge < -0.3 is 9.64 Å². The van der Waals surface area contributed by atoms with Crippen LogP contribution in [0.3, 0.4) is 0 Å². The molecule has 0 bridgehead atoms. The number of amides is 1. The fourth-order valence-electron chi connectivity index (χ4n) is 1.68. The number of nitrogens with zero attached hydrogens (tertiary/aromatic N) is 1. The Balaban J connectivity index is 0.000000686. The van der Waals surface area contributed by atoms with Crippen molar-refractivity contribution in [2.75, 3.05) is 24.7 Å². The predicted molar refractivity (Wildman–Crippen MR) is 70.4 cm³/mol. The summed E-state index contributed by atoms with van der Waals surface area (Å²) < 4.78 is 5.10. The van der Waals surface area contributed by atoms with E-state index in [1.807, 2.05) is 26.0 Å². The molecule has 3 nitrogen and oxygen atoms in total. The zero-order valence-corrected chi connectivity index (χ0v) is 11.1. The topological polar surface area (TPSA) is 29.5 Å². The number of aryl methyl sites for hydroxylation is 2. The Morgan fingerprint density at radius 2 is 1.88 bits per heavy atom. The largest absolute Gasteiger partial charge is 0.370 e. The van der Waals surface area contributed by atoms with E-state index in [-0.39, 0.29) is 12.5 Å². The number of carbonyl (C=O) groups is 1. The first-order valence-electron chi connectivity index (χ1n) is 6.14. The molecule has 0 aliphatic carbocycles. The summed E-state index contributed by atoms with van der Waals surface area (Å²) >= 11 is 0. The first kappa shape index (κ1) is 13.7. The zero-order valence-electron chi connectivity index (χ0n) is 11.1. The third-order valence-corrected chi connectivity index (χ3v) is 2.79. The summed E-state index contributed by atoms with van der Waals surface area (Å²) in [7, 11) is 0. The molecule has 0 unspecified atom stereocenters. The van der Waals surface area contributed by atoms with Gasteiger partial charge >= 0.3 is 0 Å². The van der Waals surface area contributed by atoms with Gasteiger partial charge in [0.15, 0.2) is 0 Å². The molecule has 1 amide bonds. The lowest BCUT2D eigenvalue weighted by Gasteiger charge is -2.27. The number of ether oxygens (including phenoxy) is 1. The van der Waals surface area contributed by atoms with Crippen molar-refractivity contribution in [1.29, 1.82) is 0 Å². The SMILES string of the molecule is CC.Cc1ccc(N2CCOCC2=O)cc1C. The zero-order chi connectivity index (χ0) is 12.8.